The largest absolute Gasteiger partial charge is 0.507 e. The molecule has 0 spiro atoms. The number of esters is 1. The summed E-state index contributed by atoms with van der Waals surface area (Å²) in [4.78, 5) is 26.6. The Labute approximate surface area is 203 Å². The van der Waals surface area contributed by atoms with Crippen LogP contribution in [0.15, 0.2) is 34.9 Å². The minimum Gasteiger partial charge on any atom is -0.507 e. The van der Waals surface area contributed by atoms with Gasteiger partial charge in [0.2, 0.25) is 5.88 Å². The zero-order valence-electron chi connectivity index (χ0n) is 22.0. The fourth-order valence-corrected chi connectivity index (χ4v) is 4.89. The van der Waals surface area contributed by atoms with Crippen molar-refractivity contribution in [2.45, 2.75) is 91.9 Å². The molecule has 0 bridgehead atoms. The summed E-state index contributed by atoms with van der Waals surface area (Å²) in [5.41, 5.74) is 8.11. The number of rotatable bonds is 3. The molecule has 34 heavy (non-hydrogen) atoms. The number of phenolic OH excluding ortho intramolecular Hbond substituents is 1. The predicted octanol–water partition coefficient (Wildman–Crippen LogP) is 5.48. The maximum atomic E-state index is 13.5. The average molecular weight is 470 g/mol. The summed E-state index contributed by atoms with van der Waals surface area (Å²) >= 11 is 0. The number of hydrogen-bond acceptors (Lipinski definition) is 6. The molecule has 1 heterocycles. The van der Waals surface area contributed by atoms with Crippen LogP contribution in [0.3, 0.4) is 0 Å². The fourth-order valence-electron chi connectivity index (χ4n) is 4.89. The van der Waals surface area contributed by atoms with E-state index in [2.05, 4.69) is 0 Å². The van der Waals surface area contributed by atoms with Gasteiger partial charge in [-0.1, -0.05) is 67.5 Å². The van der Waals surface area contributed by atoms with Crippen molar-refractivity contribution in [2.24, 2.45) is 11.1 Å². The number of nitrogens with two attached hydrogens (primary N) is 1. The molecule has 3 rings (SSSR count). The number of Topliss-reactive ketones (excluding diaryl/α,β-unsaturated/α-hetero) is 1. The first-order valence-electron chi connectivity index (χ1n) is 12.0. The molecule has 1 aliphatic heterocycles. The van der Waals surface area contributed by atoms with Gasteiger partial charge in [-0.3, -0.25) is 4.79 Å². The monoisotopic (exact) mass is 469 g/mol. The van der Waals surface area contributed by atoms with E-state index < -0.39 is 11.9 Å². The first-order valence-corrected chi connectivity index (χ1v) is 12.0. The zero-order valence-corrected chi connectivity index (χ0v) is 22.0. The molecule has 0 aromatic heterocycles. The van der Waals surface area contributed by atoms with E-state index in [9.17, 15) is 14.7 Å². The highest BCUT2D eigenvalue weighted by molar-refractivity contribution is 6.03. The minimum absolute atomic E-state index is 0.0320. The number of hydrogen-bond donors (Lipinski definition) is 2. The molecule has 6 nitrogen and oxygen atoms in total. The normalized spacial score (nSPS) is 20.7. The van der Waals surface area contributed by atoms with Crippen LogP contribution in [0.2, 0.25) is 0 Å². The molecule has 0 saturated heterocycles. The van der Waals surface area contributed by atoms with Gasteiger partial charge in [0.15, 0.2) is 5.78 Å². The number of aromatic hydroxyl groups is 1. The fraction of sp³-hybridized carbons (Fsp3) is 0.571. The molecule has 1 atom stereocenters. The van der Waals surface area contributed by atoms with Gasteiger partial charge in [0.25, 0.3) is 0 Å². The molecule has 1 aliphatic carbocycles. The van der Waals surface area contributed by atoms with E-state index in [4.69, 9.17) is 15.2 Å². The Balaban J connectivity index is 2.38. The standard InChI is InChI=1S/C28H39NO5/c1-10-33-25(32)22-20(21-18(30)13-28(8,9)14-19(21)34-24(22)29)15-11-16(26(2,3)4)23(31)17(12-15)27(5,6)7/h11-12,20,31H,10,13-14,29H2,1-9H3. The van der Waals surface area contributed by atoms with E-state index in [0.717, 1.165) is 16.7 Å². The van der Waals surface area contributed by atoms with Crippen LogP contribution in [0, 0.1) is 5.41 Å². The van der Waals surface area contributed by atoms with E-state index in [1.54, 1.807) is 6.92 Å². The van der Waals surface area contributed by atoms with Gasteiger partial charge in [0.05, 0.1) is 12.5 Å². The number of carbonyl (C=O) groups is 2. The lowest BCUT2D eigenvalue weighted by Crippen LogP contribution is -2.36. The summed E-state index contributed by atoms with van der Waals surface area (Å²) in [6.07, 6.45) is 0.885. The first kappa shape index (κ1) is 25.9. The molecule has 0 saturated carbocycles. The predicted molar refractivity (Wildman–Crippen MR) is 132 cm³/mol. The van der Waals surface area contributed by atoms with Crippen LogP contribution in [0.4, 0.5) is 0 Å². The number of benzene rings is 1. The first-order chi connectivity index (χ1) is 15.5. The Morgan fingerprint density at radius 1 is 1.12 bits per heavy atom. The van der Waals surface area contributed by atoms with Crippen molar-refractivity contribution < 1.29 is 24.2 Å². The molecule has 1 unspecified atom stereocenters. The van der Waals surface area contributed by atoms with Gasteiger partial charge < -0.3 is 20.3 Å². The Morgan fingerprint density at radius 2 is 1.65 bits per heavy atom. The lowest BCUT2D eigenvalue weighted by Gasteiger charge is -2.38. The van der Waals surface area contributed by atoms with Crippen molar-refractivity contribution in [1.29, 1.82) is 0 Å². The number of ketones is 1. The molecular weight excluding hydrogens is 430 g/mol. The Morgan fingerprint density at radius 3 is 2.12 bits per heavy atom. The Bertz CT molecular complexity index is 1060. The number of ether oxygens (including phenoxy) is 2. The highest BCUT2D eigenvalue weighted by atomic mass is 16.5. The molecule has 6 heteroatoms. The maximum Gasteiger partial charge on any atom is 0.340 e. The second-order valence-corrected chi connectivity index (χ2v) is 12.3. The van der Waals surface area contributed by atoms with Crippen LogP contribution in [0.5, 0.6) is 5.75 Å². The zero-order chi connectivity index (χ0) is 25.8. The van der Waals surface area contributed by atoms with Crippen LogP contribution in [-0.2, 0) is 29.9 Å². The SMILES string of the molecule is CCOC(=O)C1=C(N)OC2=C(C(=O)CC(C)(C)C2)C1c1cc(C(C)(C)C)c(O)c(C(C)(C)C)c1. The summed E-state index contributed by atoms with van der Waals surface area (Å²) in [5.74, 6) is -0.676. The number of allylic oxidation sites excluding steroid dienone is 2. The molecule has 2 aliphatic rings. The van der Waals surface area contributed by atoms with E-state index in [1.165, 1.54) is 0 Å². The summed E-state index contributed by atoms with van der Waals surface area (Å²) in [6.45, 7) is 18.1. The molecule has 0 radical (unpaired) electrons. The lowest BCUT2D eigenvalue weighted by atomic mass is 9.68. The van der Waals surface area contributed by atoms with Crippen LogP contribution in [0.1, 0.15) is 97.8 Å². The summed E-state index contributed by atoms with van der Waals surface area (Å²) < 4.78 is 11.3. The van der Waals surface area contributed by atoms with Crippen molar-refractivity contribution in [1.82, 2.24) is 0 Å². The quantitative estimate of drug-likeness (QED) is 0.569. The van der Waals surface area contributed by atoms with Gasteiger partial charge in [0, 0.05) is 18.4 Å². The van der Waals surface area contributed by atoms with E-state index in [0.29, 0.717) is 24.2 Å². The third-order valence-corrected chi connectivity index (χ3v) is 6.53. The van der Waals surface area contributed by atoms with Crippen LogP contribution in [0.25, 0.3) is 0 Å². The molecular formula is C28H39NO5. The highest BCUT2D eigenvalue weighted by Gasteiger charge is 2.45. The third-order valence-electron chi connectivity index (χ3n) is 6.53. The van der Waals surface area contributed by atoms with Crippen molar-refractivity contribution in [3.63, 3.8) is 0 Å². The van der Waals surface area contributed by atoms with E-state index >= 15 is 0 Å². The van der Waals surface area contributed by atoms with Crippen LogP contribution >= 0.6 is 0 Å². The smallest absolute Gasteiger partial charge is 0.340 e. The van der Waals surface area contributed by atoms with Crippen molar-refractivity contribution in [3.05, 3.63) is 51.6 Å². The molecule has 1 aromatic rings. The maximum absolute atomic E-state index is 13.5. The summed E-state index contributed by atoms with van der Waals surface area (Å²) in [5, 5.41) is 11.2. The van der Waals surface area contributed by atoms with Crippen LogP contribution < -0.4 is 5.73 Å². The lowest BCUT2D eigenvalue weighted by molar-refractivity contribution is -0.139. The van der Waals surface area contributed by atoms with Gasteiger partial charge in [-0.2, -0.15) is 0 Å². The van der Waals surface area contributed by atoms with Crippen LogP contribution in [-0.4, -0.2) is 23.5 Å². The highest BCUT2D eigenvalue weighted by Crippen LogP contribution is 2.50. The second kappa shape index (κ2) is 8.47. The second-order valence-electron chi connectivity index (χ2n) is 12.3. The van der Waals surface area contributed by atoms with Crippen molar-refractivity contribution >= 4 is 11.8 Å². The molecule has 0 amide bonds. The summed E-state index contributed by atoms with van der Waals surface area (Å²) in [7, 11) is 0. The van der Waals surface area contributed by atoms with Crippen molar-refractivity contribution in [2.75, 3.05) is 6.61 Å². The van der Waals surface area contributed by atoms with E-state index in [1.807, 2.05) is 67.5 Å². The minimum atomic E-state index is -0.728. The van der Waals surface area contributed by atoms with Gasteiger partial charge in [-0.15, -0.1) is 0 Å². The van der Waals surface area contributed by atoms with Gasteiger partial charge in [-0.25, -0.2) is 4.79 Å². The molecule has 1 aromatic carbocycles. The number of phenols is 1. The third kappa shape index (κ3) is 4.73. The molecule has 3 N–H and O–H groups in total. The van der Waals surface area contributed by atoms with E-state index in [-0.39, 0.29) is 45.8 Å². The number of carbonyl (C=O) groups excluding carboxylic acids is 2. The van der Waals surface area contributed by atoms with Gasteiger partial charge in [-0.05, 0) is 39.9 Å². The van der Waals surface area contributed by atoms with Crippen molar-refractivity contribution in [3.8, 4) is 5.75 Å². The van der Waals surface area contributed by atoms with Gasteiger partial charge in [0.1, 0.15) is 17.1 Å². The molecule has 0 fully saturated rings. The Kier molecular flexibility index (Phi) is 6.44. The molecule has 186 valence electrons. The van der Waals surface area contributed by atoms with Gasteiger partial charge >= 0.3 is 5.97 Å². The topological polar surface area (TPSA) is 98.9 Å². The Hall–Kier alpha value is -2.76. The average Bonchev–Trinajstić information content (AvgIpc) is 2.64. The summed E-state index contributed by atoms with van der Waals surface area (Å²) in [6, 6.07) is 3.79.